The Balaban J connectivity index is 2.44. The number of carbonyl (C=O) groups excluding carboxylic acids is 2. The number of methoxy groups -OCH3 is 1. The third-order valence-electron chi connectivity index (χ3n) is 5.86. The van der Waals surface area contributed by atoms with Crippen molar-refractivity contribution in [1.29, 1.82) is 0 Å². The number of aliphatic hydroxyl groups excluding tert-OH is 2. The van der Waals surface area contributed by atoms with E-state index in [1.165, 1.54) is 44.6 Å². The van der Waals surface area contributed by atoms with Gasteiger partial charge in [0.25, 0.3) is 0 Å². The zero-order valence-electron chi connectivity index (χ0n) is 19.1. The number of ketones is 1. The summed E-state index contributed by atoms with van der Waals surface area (Å²) in [5, 5.41) is 19.4. The lowest BCUT2D eigenvalue weighted by atomic mass is 9.89. The normalized spacial score (nSPS) is 22.4. The highest BCUT2D eigenvalue weighted by Crippen LogP contribution is 2.34. The van der Waals surface area contributed by atoms with E-state index in [2.05, 4.69) is 23.8 Å². The standard InChI is InChI=1S/C24H42O5S/c1-4-5-6-7-8-9-12-19-15-16-21(26)20(19)13-10-11-14-22(30-17-18(2)25)23(27)24(28)29-3/h9,12,18-20,22-23,25,27H,4-8,10-11,13-17H2,1-3H3/t18?,19-,20+,22?,23?/m0/s1. The lowest BCUT2D eigenvalue weighted by molar-refractivity contribution is -0.150. The smallest absolute Gasteiger partial charge is 0.335 e. The van der Waals surface area contributed by atoms with Gasteiger partial charge >= 0.3 is 5.97 Å². The Bertz CT molecular complexity index is 520. The number of rotatable bonds is 16. The molecule has 0 radical (unpaired) electrons. The molecule has 5 atom stereocenters. The molecule has 0 spiro atoms. The number of aliphatic hydroxyl groups is 2. The van der Waals surface area contributed by atoms with E-state index in [0.717, 1.165) is 32.1 Å². The Labute approximate surface area is 187 Å². The molecule has 0 heterocycles. The Morgan fingerprint density at radius 3 is 2.67 bits per heavy atom. The summed E-state index contributed by atoms with van der Waals surface area (Å²) in [5.74, 6) is 0.694. The predicted octanol–water partition coefficient (Wildman–Crippen LogP) is 4.69. The average molecular weight is 443 g/mol. The number of carbonyl (C=O) groups is 2. The van der Waals surface area contributed by atoms with Gasteiger partial charge in [-0.15, -0.1) is 0 Å². The third kappa shape index (κ3) is 10.5. The highest BCUT2D eigenvalue weighted by Gasteiger charge is 2.32. The van der Waals surface area contributed by atoms with Crippen LogP contribution in [0.25, 0.3) is 0 Å². The van der Waals surface area contributed by atoms with Crippen LogP contribution in [0, 0.1) is 11.8 Å². The summed E-state index contributed by atoms with van der Waals surface area (Å²) < 4.78 is 4.67. The Morgan fingerprint density at radius 1 is 1.23 bits per heavy atom. The molecule has 0 aromatic carbocycles. The van der Waals surface area contributed by atoms with Gasteiger partial charge in [0.2, 0.25) is 0 Å². The molecule has 30 heavy (non-hydrogen) atoms. The van der Waals surface area contributed by atoms with Gasteiger partial charge in [0.05, 0.1) is 13.2 Å². The minimum Gasteiger partial charge on any atom is -0.467 e. The molecule has 3 unspecified atom stereocenters. The number of ether oxygens (including phenoxy) is 1. The Morgan fingerprint density at radius 2 is 2.00 bits per heavy atom. The third-order valence-corrected chi connectivity index (χ3v) is 7.46. The number of hydrogen-bond donors (Lipinski definition) is 2. The maximum atomic E-state index is 12.3. The largest absolute Gasteiger partial charge is 0.467 e. The van der Waals surface area contributed by atoms with Gasteiger partial charge in [-0.3, -0.25) is 4.79 Å². The van der Waals surface area contributed by atoms with Crippen molar-refractivity contribution in [3.05, 3.63) is 12.2 Å². The lowest BCUT2D eigenvalue weighted by Gasteiger charge is -2.22. The van der Waals surface area contributed by atoms with Crippen molar-refractivity contribution >= 4 is 23.5 Å². The quantitative estimate of drug-likeness (QED) is 0.205. The van der Waals surface area contributed by atoms with Gasteiger partial charge in [-0.1, -0.05) is 51.2 Å². The monoisotopic (exact) mass is 442 g/mol. The summed E-state index contributed by atoms with van der Waals surface area (Å²) in [6.07, 6.45) is 13.9. The highest BCUT2D eigenvalue weighted by molar-refractivity contribution is 8.00. The summed E-state index contributed by atoms with van der Waals surface area (Å²) in [6.45, 7) is 3.91. The molecule has 2 N–H and O–H groups in total. The molecule has 6 heteroatoms. The van der Waals surface area contributed by atoms with Crippen LogP contribution in [-0.2, 0) is 14.3 Å². The first-order valence-corrected chi connectivity index (χ1v) is 12.7. The maximum absolute atomic E-state index is 12.3. The van der Waals surface area contributed by atoms with Crippen LogP contribution in [0.1, 0.15) is 84.5 Å². The topological polar surface area (TPSA) is 83.8 Å². The van der Waals surface area contributed by atoms with Crippen molar-refractivity contribution in [2.24, 2.45) is 11.8 Å². The van der Waals surface area contributed by atoms with E-state index < -0.39 is 18.2 Å². The molecule has 1 aliphatic carbocycles. The van der Waals surface area contributed by atoms with Crippen LogP contribution in [0.3, 0.4) is 0 Å². The van der Waals surface area contributed by atoms with E-state index in [0.29, 0.717) is 30.3 Å². The van der Waals surface area contributed by atoms with Crippen molar-refractivity contribution in [2.45, 2.75) is 102 Å². The molecule has 0 bridgehead atoms. The second-order valence-corrected chi connectivity index (χ2v) is 9.80. The highest BCUT2D eigenvalue weighted by atomic mass is 32.2. The van der Waals surface area contributed by atoms with Crippen LogP contribution >= 0.6 is 11.8 Å². The SMILES string of the molecule is CCCCCCC=C[C@H]1CCC(=O)[C@@H]1CCCCC(SCC(C)O)C(O)C(=O)OC. The number of esters is 1. The van der Waals surface area contributed by atoms with Crippen LogP contribution in [0.2, 0.25) is 0 Å². The van der Waals surface area contributed by atoms with Crippen LogP contribution in [0.5, 0.6) is 0 Å². The van der Waals surface area contributed by atoms with E-state index in [-0.39, 0.29) is 11.2 Å². The molecule has 5 nitrogen and oxygen atoms in total. The van der Waals surface area contributed by atoms with Gasteiger partial charge < -0.3 is 14.9 Å². The first-order valence-electron chi connectivity index (χ1n) is 11.7. The van der Waals surface area contributed by atoms with Crippen molar-refractivity contribution < 1.29 is 24.5 Å². The summed E-state index contributed by atoms with van der Waals surface area (Å²) in [5.41, 5.74) is 0. The minimum absolute atomic E-state index is 0.117. The van der Waals surface area contributed by atoms with E-state index in [1.807, 2.05) is 0 Å². The molecule has 1 saturated carbocycles. The number of allylic oxidation sites excluding steroid dienone is 2. The number of hydrogen-bond acceptors (Lipinski definition) is 6. The fraction of sp³-hybridized carbons (Fsp3) is 0.833. The molecule has 1 rings (SSSR count). The van der Waals surface area contributed by atoms with Crippen LogP contribution in [-0.4, -0.2) is 52.3 Å². The van der Waals surface area contributed by atoms with Gasteiger partial charge in [-0.05, 0) is 44.9 Å². The van der Waals surface area contributed by atoms with Crippen LogP contribution < -0.4 is 0 Å². The van der Waals surface area contributed by atoms with E-state index in [1.54, 1.807) is 6.92 Å². The number of thioether (sulfide) groups is 1. The summed E-state index contributed by atoms with van der Waals surface area (Å²) in [6, 6.07) is 0. The van der Waals surface area contributed by atoms with Crippen molar-refractivity contribution in [2.75, 3.05) is 12.9 Å². The van der Waals surface area contributed by atoms with Crippen molar-refractivity contribution in [3.8, 4) is 0 Å². The van der Waals surface area contributed by atoms with Crippen molar-refractivity contribution in [1.82, 2.24) is 0 Å². The second kappa shape index (κ2) is 15.9. The molecule has 0 saturated heterocycles. The van der Waals surface area contributed by atoms with E-state index in [9.17, 15) is 19.8 Å². The maximum Gasteiger partial charge on any atom is 0.335 e. The molecule has 0 aromatic rings. The van der Waals surface area contributed by atoms with Crippen LogP contribution in [0.4, 0.5) is 0 Å². The summed E-state index contributed by atoms with van der Waals surface area (Å²) in [4.78, 5) is 24.0. The van der Waals surface area contributed by atoms with Crippen LogP contribution in [0.15, 0.2) is 12.2 Å². The van der Waals surface area contributed by atoms with Gasteiger partial charge in [0.15, 0.2) is 6.10 Å². The van der Waals surface area contributed by atoms with Gasteiger partial charge in [0.1, 0.15) is 5.78 Å². The zero-order chi connectivity index (χ0) is 22.4. The second-order valence-electron chi connectivity index (χ2n) is 8.53. The molecule has 1 aliphatic rings. The average Bonchev–Trinajstić information content (AvgIpc) is 3.08. The van der Waals surface area contributed by atoms with Gasteiger partial charge in [-0.25, -0.2) is 4.79 Å². The molecule has 0 aliphatic heterocycles. The molecular formula is C24H42O5S. The fourth-order valence-corrected chi connectivity index (χ4v) is 5.23. The van der Waals surface area contributed by atoms with E-state index in [4.69, 9.17) is 0 Å². The Hall–Kier alpha value is -0.850. The van der Waals surface area contributed by atoms with Gasteiger partial charge in [-0.2, -0.15) is 11.8 Å². The van der Waals surface area contributed by atoms with Crippen molar-refractivity contribution in [3.63, 3.8) is 0 Å². The summed E-state index contributed by atoms with van der Waals surface area (Å²) >= 11 is 1.41. The summed E-state index contributed by atoms with van der Waals surface area (Å²) in [7, 11) is 1.27. The molecule has 1 fully saturated rings. The van der Waals surface area contributed by atoms with E-state index >= 15 is 0 Å². The zero-order valence-corrected chi connectivity index (χ0v) is 19.9. The molecule has 174 valence electrons. The molecular weight excluding hydrogens is 400 g/mol. The molecule has 0 amide bonds. The lowest BCUT2D eigenvalue weighted by Crippen LogP contribution is -2.33. The van der Waals surface area contributed by atoms with Gasteiger partial charge in [0, 0.05) is 23.3 Å². The number of Topliss-reactive ketones (excluding diaryl/α,β-unsaturated/α-hetero) is 1. The minimum atomic E-state index is -1.18. The number of unbranched alkanes of at least 4 members (excludes halogenated alkanes) is 5. The Kier molecular flexibility index (Phi) is 14.4. The molecule has 0 aromatic heterocycles. The first-order chi connectivity index (χ1) is 14.4. The first kappa shape index (κ1) is 27.2. The fourth-order valence-electron chi connectivity index (χ4n) is 4.08. The predicted molar refractivity (Wildman–Crippen MR) is 124 cm³/mol.